The molecule has 3 atom stereocenters. The molecule has 0 radical (unpaired) electrons. The summed E-state index contributed by atoms with van der Waals surface area (Å²) < 4.78 is 0. The standard InChI is InChI=1S/C14H31N/c1-5-9-11-14(15)13(8-4)12(7-3)10-6-2/h12-14H,5-11,15H2,1-4H3. The Morgan fingerprint density at radius 3 is 1.93 bits per heavy atom. The van der Waals surface area contributed by atoms with E-state index in [2.05, 4.69) is 27.7 Å². The van der Waals surface area contributed by atoms with Crippen LogP contribution in [0.5, 0.6) is 0 Å². The van der Waals surface area contributed by atoms with E-state index >= 15 is 0 Å². The molecule has 15 heavy (non-hydrogen) atoms. The molecule has 0 spiro atoms. The van der Waals surface area contributed by atoms with Crippen molar-refractivity contribution >= 4 is 0 Å². The van der Waals surface area contributed by atoms with Crippen LogP contribution < -0.4 is 5.73 Å². The van der Waals surface area contributed by atoms with E-state index in [9.17, 15) is 0 Å². The van der Waals surface area contributed by atoms with E-state index in [1.54, 1.807) is 0 Å². The maximum atomic E-state index is 6.32. The molecule has 0 bridgehead atoms. The molecule has 0 aliphatic carbocycles. The first-order chi connectivity index (χ1) is 7.21. The summed E-state index contributed by atoms with van der Waals surface area (Å²) in [6, 6.07) is 0.437. The lowest BCUT2D eigenvalue weighted by molar-refractivity contribution is 0.238. The molecule has 0 fully saturated rings. The van der Waals surface area contributed by atoms with Crippen LogP contribution >= 0.6 is 0 Å². The van der Waals surface area contributed by atoms with Crippen molar-refractivity contribution < 1.29 is 0 Å². The summed E-state index contributed by atoms with van der Waals surface area (Å²) in [7, 11) is 0. The van der Waals surface area contributed by atoms with Gasteiger partial charge in [-0.15, -0.1) is 0 Å². The topological polar surface area (TPSA) is 26.0 Å². The van der Waals surface area contributed by atoms with Crippen molar-refractivity contribution in [1.29, 1.82) is 0 Å². The van der Waals surface area contributed by atoms with E-state index in [1.165, 1.54) is 44.9 Å². The van der Waals surface area contributed by atoms with Crippen molar-refractivity contribution in [1.82, 2.24) is 0 Å². The lowest BCUT2D eigenvalue weighted by Gasteiger charge is -2.30. The van der Waals surface area contributed by atoms with Crippen molar-refractivity contribution in [2.75, 3.05) is 0 Å². The third kappa shape index (κ3) is 5.55. The van der Waals surface area contributed by atoms with Gasteiger partial charge in [0.1, 0.15) is 0 Å². The van der Waals surface area contributed by atoms with Crippen molar-refractivity contribution in [3.05, 3.63) is 0 Å². The molecule has 1 heteroatoms. The molecule has 3 unspecified atom stereocenters. The van der Waals surface area contributed by atoms with Crippen LogP contribution in [0.2, 0.25) is 0 Å². The van der Waals surface area contributed by atoms with Gasteiger partial charge >= 0.3 is 0 Å². The molecule has 0 aliphatic heterocycles. The van der Waals surface area contributed by atoms with E-state index < -0.39 is 0 Å². The largest absolute Gasteiger partial charge is 0.327 e. The molecule has 1 nitrogen and oxygen atoms in total. The molecule has 0 aromatic heterocycles. The van der Waals surface area contributed by atoms with Crippen LogP contribution in [0.15, 0.2) is 0 Å². The highest BCUT2D eigenvalue weighted by molar-refractivity contribution is 4.78. The normalized spacial score (nSPS) is 17.4. The molecule has 0 amide bonds. The fourth-order valence-corrected chi connectivity index (χ4v) is 2.73. The zero-order chi connectivity index (χ0) is 11.7. The van der Waals surface area contributed by atoms with Gasteiger partial charge in [-0.2, -0.15) is 0 Å². The molecular weight excluding hydrogens is 182 g/mol. The maximum Gasteiger partial charge on any atom is 0.00697 e. The Labute approximate surface area is 96.8 Å². The van der Waals surface area contributed by atoms with E-state index in [0.29, 0.717) is 6.04 Å². The van der Waals surface area contributed by atoms with E-state index in [4.69, 9.17) is 5.73 Å². The molecule has 2 N–H and O–H groups in total. The van der Waals surface area contributed by atoms with Gasteiger partial charge in [0.05, 0.1) is 0 Å². The minimum atomic E-state index is 0.437. The van der Waals surface area contributed by atoms with Crippen LogP contribution in [-0.4, -0.2) is 6.04 Å². The van der Waals surface area contributed by atoms with Crippen LogP contribution in [-0.2, 0) is 0 Å². The first-order valence-electron chi connectivity index (χ1n) is 6.96. The third-order valence-electron chi connectivity index (χ3n) is 3.70. The predicted octanol–water partition coefficient (Wildman–Crippen LogP) is 4.36. The average molecular weight is 213 g/mol. The molecule has 92 valence electrons. The van der Waals surface area contributed by atoms with Crippen LogP contribution in [0.1, 0.15) is 72.6 Å². The fourth-order valence-electron chi connectivity index (χ4n) is 2.73. The van der Waals surface area contributed by atoms with Crippen LogP contribution in [0.3, 0.4) is 0 Å². The Balaban J connectivity index is 4.15. The van der Waals surface area contributed by atoms with Crippen LogP contribution in [0.4, 0.5) is 0 Å². The molecular formula is C14H31N. The second kappa shape index (κ2) is 9.21. The van der Waals surface area contributed by atoms with Gasteiger partial charge in [0.25, 0.3) is 0 Å². The van der Waals surface area contributed by atoms with Crippen molar-refractivity contribution in [2.24, 2.45) is 17.6 Å². The molecule has 0 rings (SSSR count). The Kier molecular flexibility index (Phi) is 9.18. The van der Waals surface area contributed by atoms with Crippen LogP contribution in [0.25, 0.3) is 0 Å². The molecule has 0 saturated heterocycles. The minimum Gasteiger partial charge on any atom is -0.327 e. The van der Waals surface area contributed by atoms with Gasteiger partial charge < -0.3 is 5.73 Å². The number of nitrogens with two attached hydrogens (primary N) is 1. The highest BCUT2D eigenvalue weighted by atomic mass is 14.7. The Bertz CT molecular complexity index is 133. The van der Waals surface area contributed by atoms with Crippen LogP contribution in [0, 0.1) is 11.8 Å². The van der Waals surface area contributed by atoms with Gasteiger partial charge in [0.2, 0.25) is 0 Å². The number of hydrogen-bond acceptors (Lipinski definition) is 1. The van der Waals surface area contributed by atoms with Gasteiger partial charge in [-0.05, 0) is 18.3 Å². The second-order valence-electron chi connectivity index (χ2n) is 4.84. The summed E-state index contributed by atoms with van der Waals surface area (Å²) in [5, 5.41) is 0. The predicted molar refractivity (Wildman–Crippen MR) is 70.0 cm³/mol. The summed E-state index contributed by atoms with van der Waals surface area (Å²) >= 11 is 0. The van der Waals surface area contributed by atoms with Crippen molar-refractivity contribution in [2.45, 2.75) is 78.7 Å². The van der Waals surface area contributed by atoms with Gasteiger partial charge in [-0.3, -0.25) is 0 Å². The quantitative estimate of drug-likeness (QED) is 0.605. The first-order valence-corrected chi connectivity index (χ1v) is 6.96. The minimum absolute atomic E-state index is 0.437. The first kappa shape index (κ1) is 15.0. The lowest BCUT2D eigenvalue weighted by Crippen LogP contribution is -2.34. The average Bonchev–Trinajstić information content (AvgIpc) is 2.26. The van der Waals surface area contributed by atoms with Crippen molar-refractivity contribution in [3.63, 3.8) is 0 Å². The Morgan fingerprint density at radius 1 is 0.867 bits per heavy atom. The molecule has 0 saturated carbocycles. The SMILES string of the molecule is CCCCC(N)C(CC)C(CC)CCC. The van der Waals surface area contributed by atoms with Crippen molar-refractivity contribution in [3.8, 4) is 0 Å². The summed E-state index contributed by atoms with van der Waals surface area (Å²) in [6.45, 7) is 9.15. The zero-order valence-electron chi connectivity index (χ0n) is 11.3. The number of unbranched alkanes of at least 4 members (excludes halogenated alkanes) is 1. The maximum absolute atomic E-state index is 6.32. The molecule has 0 aliphatic rings. The molecule has 0 aromatic rings. The molecule has 0 heterocycles. The summed E-state index contributed by atoms with van der Waals surface area (Å²) in [5.41, 5.74) is 6.32. The second-order valence-corrected chi connectivity index (χ2v) is 4.84. The lowest BCUT2D eigenvalue weighted by atomic mass is 9.78. The Morgan fingerprint density at radius 2 is 1.53 bits per heavy atom. The number of hydrogen-bond donors (Lipinski definition) is 1. The number of rotatable bonds is 9. The molecule has 0 aromatic carbocycles. The zero-order valence-corrected chi connectivity index (χ0v) is 11.3. The van der Waals surface area contributed by atoms with E-state index in [0.717, 1.165) is 11.8 Å². The van der Waals surface area contributed by atoms with Gasteiger partial charge in [0, 0.05) is 6.04 Å². The third-order valence-corrected chi connectivity index (χ3v) is 3.70. The van der Waals surface area contributed by atoms with Gasteiger partial charge in [-0.1, -0.05) is 66.2 Å². The summed E-state index contributed by atoms with van der Waals surface area (Å²) in [5.74, 6) is 1.60. The smallest absolute Gasteiger partial charge is 0.00697 e. The van der Waals surface area contributed by atoms with Gasteiger partial charge in [-0.25, -0.2) is 0 Å². The van der Waals surface area contributed by atoms with E-state index in [-0.39, 0.29) is 0 Å². The summed E-state index contributed by atoms with van der Waals surface area (Å²) in [6.07, 6.45) is 8.99. The Hall–Kier alpha value is -0.0400. The highest BCUT2D eigenvalue weighted by Crippen LogP contribution is 2.28. The van der Waals surface area contributed by atoms with Gasteiger partial charge in [0.15, 0.2) is 0 Å². The monoisotopic (exact) mass is 213 g/mol. The fraction of sp³-hybridized carbons (Fsp3) is 1.00. The highest BCUT2D eigenvalue weighted by Gasteiger charge is 2.23. The summed E-state index contributed by atoms with van der Waals surface area (Å²) in [4.78, 5) is 0. The van der Waals surface area contributed by atoms with E-state index in [1.807, 2.05) is 0 Å².